The topological polar surface area (TPSA) is 75.0 Å². The Morgan fingerprint density at radius 2 is 1.74 bits per heavy atom. The molecule has 2 heterocycles. The molecule has 4 rings (SSSR count). The molecule has 0 saturated carbocycles. The smallest absolute Gasteiger partial charge is 0.494 e. The summed E-state index contributed by atoms with van der Waals surface area (Å²) in [4.78, 5) is 17.2. The van der Waals surface area contributed by atoms with E-state index in [1.54, 1.807) is 32.9 Å². The summed E-state index contributed by atoms with van der Waals surface area (Å²) in [6.07, 6.45) is 0.605. The highest BCUT2D eigenvalue weighted by Crippen LogP contribution is 2.32. The second-order valence-corrected chi connectivity index (χ2v) is 9.70. The molecule has 186 valence electrons. The molecular formula is C26H30ClN3O5. The number of hydrogen-bond donors (Lipinski definition) is 0. The number of para-hydroxylation sites is 2. The summed E-state index contributed by atoms with van der Waals surface area (Å²) in [6.45, 7) is 6.49. The minimum Gasteiger partial charge on any atom is -0.494 e. The Morgan fingerprint density at radius 1 is 1.06 bits per heavy atom. The number of aromatic nitrogens is 2. The van der Waals surface area contributed by atoms with Crippen LogP contribution < -0.4 is 9.47 Å². The SMILES string of the molecule is COc1ccccc1-n1nc(OC2CCN(OC(=O)OC(C)(C)C)CC2)cc1-c1ccc(Cl)cc1. The number of rotatable bonds is 6. The molecule has 1 saturated heterocycles. The molecule has 1 aliphatic rings. The summed E-state index contributed by atoms with van der Waals surface area (Å²) in [5, 5.41) is 7.02. The van der Waals surface area contributed by atoms with Crippen LogP contribution in [-0.2, 0) is 9.57 Å². The van der Waals surface area contributed by atoms with Crippen LogP contribution in [-0.4, -0.2) is 52.9 Å². The molecule has 3 aromatic rings. The first-order valence-electron chi connectivity index (χ1n) is 11.5. The van der Waals surface area contributed by atoms with Crippen LogP contribution in [0.5, 0.6) is 11.6 Å². The third-order valence-electron chi connectivity index (χ3n) is 5.42. The van der Waals surface area contributed by atoms with Gasteiger partial charge in [0, 0.05) is 42.6 Å². The van der Waals surface area contributed by atoms with Gasteiger partial charge in [-0.3, -0.25) is 0 Å². The zero-order chi connectivity index (χ0) is 25.0. The van der Waals surface area contributed by atoms with Crippen molar-refractivity contribution in [3.8, 4) is 28.6 Å². The molecular weight excluding hydrogens is 470 g/mol. The van der Waals surface area contributed by atoms with Crippen molar-refractivity contribution in [2.24, 2.45) is 0 Å². The largest absolute Gasteiger partial charge is 0.528 e. The Bertz CT molecular complexity index is 1150. The average molecular weight is 500 g/mol. The van der Waals surface area contributed by atoms with Gasteiger partial charge in [0.25, 0.3) is 0 Å². The van der Waals surface area contributed by atoms with Crippen molar-refractivity contribution >= 4 is 17.8 Å². The zero-order valence-electron chi connectivity index (χ0n) is 20.4. The van der Waals surface area contributed by atoms with Crippen molar-refractivity contribution in [3.63, 3.8) is 0 Å². The number of carbonyl (C=O) groups excluding carboxylic acids is 1. The molecule has 1 fully saturated rings. The van der Waals surface area contributed by atoms with Crippen LogP contribution in [0.3, 0.4) is 0 Å². The van der Waals surface area contributed by atoms with Crippen LogP contribution in [0.2, 0.25) is 5.02 Å². The van der Waals surface area contributed by atoms with Gasteiger partial charge in [0.15, 0.2) is 0 Å². The van der Waals surface area contributed by atoms with E-state index in [1.165, 1.54) is 0 Å². The van der Waals surface area contributed by atoms with E-state index in [9.17, 15) is 4.79 Å². The fourth-order valence-corrected chi connectivity index (χ4v) is 3.94. The first-order chi connectivity index (χ1) is 16.7. The van der Waals surface area contributed by atoms with E-state index in [-0.39, 0.29) is 6.10 Å². The summed E-state index contributed by atoms with van der Waals surface area (Å²) in [6, 6.07) is 17.2. The summed E-state index contributed by atoms with van der Waals surface area (Å²) < 4.78 is 18.9. The molecule has 0 unspecified atom stereocenters. The Morgan fingerprint density at radius 3 is 2.40 bits per heavy atom. The van der Waals surface area contributed by atoms with E-state index >= 15 is 0 Å². The molecule has 0 N–H and O–H groups in total. The standard InChI is InChI=1S/C26H30ClN3O5/c1-26(2,3)34-25(31)35-29-15-13-20(14-16-29)33-24-17-22(18-9-11-19(27)12-10-18)30(28-24)21-7-5-6-8-23(21)32-4/h5-12,17,20H,13-16H2,1-4H3. The predicted molar refractivity (Wildman–Crippen MR) is 133 cm³/mol. The number of hydrogen-bond acceptors (Lipinski definition) is 7. The molecule has 1 aromatic heterocycles. The number of carbonyl (C=O) groups is 1. The van der Waals surface area contributed by atoms with Crippen LogP contribution in [0.25, 0.3) is 16.9 Å². The lowest BCUT2D eigenvalue weighted by atomic mass is 10.1. The fourth-order valence-electron chi connectivity index (χ4n) is 3.82. The highest BCUT2D eigenvalue weighted by Gasteiger charge is 2.27. The van der Waals surface area contributed by atoms with E-state index in [1.807, 2.05) is 59.3 Å². The van der Waals surface area contributed by atoms with Gasteiger partial charge in [-0.1, -0.05) is 35.9 Å². The van der Waals surface area contributed by atoms with E-state index in [0.29, 0.717) is 42.6 Å². The normalized spacial score (nSPS) is 15.0. The van der Waals surface area contributed by atoms with Crippen LogP contribution in [0, 0.1) is 0 Å². The maximum atomic E-state index is 11.9. The van der Waals surface area contributed by atoms with E-state index in [4.69, 9.17) is 35.7 Å². The second kappa shape index (κ2) is 10.6. The molecule has 8 nitrogen and oxygen atoms in total. The summed E-state index contributed by atoms with van der Waals surface area (Å²) in [5.41, 5.74) is 2.01. The van der Waals surface area contributed by atoms with Crippen molar-refractivity contribution in [2.75, 3.05) is 20.2 Å². The van der Waals surface area contributed by atoms with Gasteiger partial charge in [0.1, 0.15) is 23.1 Å². The number of nitrogens with zero attached hydrogens (tertiary/aromatic N) is 3. The maximum Gasteiger partial charge on any atom is 0.528 e. The number of ether oxygens (including phenoxy) is 3. The third kappa shape index (κ3) is 6.46. The molecule has 0 amide bonds. The van der Waals surface area contributed by atoms with E-state index in [2.05, 4.69) is 0 Å². The molecule has 35 heavy (non-hydrogen) atoms. The Kier molecular flexibility index (Phi) is 7.52. The van der Waals surface area contributed by atoms with E-state index in [0.717, 1.165) is 16.9 Å². The number of hydroxylamine groups is 2. The predicted octanol–water partition coefficient (Wildman–Crippen LogP) is 5.91. The first kappa shape index (κ1) is 24.9. The Hall–Kier alpha value is -3.23. The van der Waals surface area contributed by atoms with Gasteiger partial charge in [0.05, 0.1) is 12.8 Å². The Labute approximate surface area is 210 Å². The lowest BCUT2D eigenvalue weighted by molar-refractivity contribution is -0.159. The monoisotopic (exact) mass is 499 g/mol. The average Bonchev–Trinajstić information content (AvgIpc) is 3.23. The van der Waals surface area contributed by atoms with E-state index < -0.39 is 11.8 Å². The minimum absolute atomic E-state index is 0.0624. The van der Waals surface area contributed by atoms with Crippen molar-refractivity contribution in [1.29, 1.82) is 0 Å². The summed E-state index contributed by atoms with van der Waals surface area (Å²) >= 11 is 6.10. The molecule has 0 bridgehead atoms. The highest BCUT2D eigenvalue weighted by molar-refractivity contribution is 6.30. The Balaban J connectivity index is 1.49. The molecule has 0 atom stereocenters. The number of piperidine rings is 1. The van der Waals surface area contributed by atoms with Gasteiger partial charge in [-0.25, -0.2) is 9.48 Å². The van der Waals surface area contributed by atoms with Crippen molar-refractivity contribution in [2.45, 2.75) is 45.3 Å². The third-order valence-corrected chi connectivity index (χ3v) is 5.67. The van der Waals surface area contributed by atoms with Crippen molar-refractivity contribution < 1.29 is 23.8 Å². The summed E-state index contributed by atoms with van der Waals surface area (Å²) in [5.74, 6) is 1.21. The van der Waals surface area contributed by atoms with Gasteiger partial charge < -0.3 is 19.0 Å². The van der Waals surface area contributed by atoms with Crippen LogP contribution >= 0.6 is 11.6 Å². The van der Waals surface area contributed by atoms with Gasteiger partial charge in [-0.15, -0.1) is 10.2 Å². The molecule has 1 aliphatic heterocycles. The lowest BCUT2D eigenvalue weighted by Crippen LogP contribution is -2.40. The highest BCUT2D eigenvalue weighted by atomic mass is 35.5. The van der Waals surface area contributed by atoms with Gasteiger partial charge in [-0.2, -0.15) is 0 Å². The van der Waals surface area contributed by atoms with Gasteiger partial charge >= 0.3 is 6.16 Å². The molecule has 0 aliphatic carbocycles. The van der Waals surface area contributed by atoms with Gasteiger partial charge in [-0.05, 0) is 45.0 Å². The summed E-state index contributed by atoms with van der Waals surface area (Å²) in [7, 11) is 1.63. The molecule has 9 heteroatoms. The number of benzene rings is 2. The maximum absolute atomic E-state index is 11.9. The fraction of sp³-hybridized carbons (Fsp3) is 0.385. The minimum atomic E-state index is -0.694. The molecule has 2 aromatic carbocycles. The van der Waals surface area contributed by atoms with Crippen LogP contribution in [0.4, 0.5) is 4.79 Å². The zero-order valence-corrected chi connectivity index (χ0v) is 21.1. The van der Waals surface area contributed by atoms with Crippen molar-refractivity contribution in [1.82, 2.24) is 14.8 Å². The lowest BCUT2D eigenvalue weighted by Gasteiger charge is -2.30. The number of halogens is 1. The van der Waals surface area contributed by atoms with Crippen LogP contribution in [0.15, 0.2) is 54.6 Å². The van der Waals surface area contributed by atoms with Crippen molar-refractivity contribution in [3.05, 3.63) is 59.6 Å². The number of methoxy groups -OCH3 is 1. The quantitative estimate of drug-likeness (QED) is 0.390. The van der Waals surface area contributed by atoms with Gasteiger partial charge in [0.2, 0.25) is 5.88 Å². The van der Waals surface area contributed by atoms with Crippen LogP contribution in [0.1, 0.15) is 33.6 Å². The first-order valence-corrected chi connectivity index (χ1v) is 11.9. The molecule has 0 spiro atoms. The molecule has 0 radical (unpaired) electrons. The second-order valence-electron chi connectivity index (χ2n) is 9.26.